The van der Waals surface area contributed by atoms with Crippen molar-refractivity contribution in [2.75, 3.05) is 18.5 Å². The van der Waals surface area contributed by atoms with E-state index in [9.17, 15) is 4.79 Å². The first-order valence-corrected chi connectivity index (χ1v) is 5.74. The van der Waals surface area contributed by atoms with E-state index in [2.05, 4.69) is 10.6 Å². The Labute approximate surface area is 102 Å². The third-order valence-electron chi connectivity index (χ3n) is 2.44. The number of aliphatic hydroxyl groups excluding tert-OH is 1. The van der Waals surface area contributed by atoms with Crippen molar-refractivity contribution in [3.63, 3.8) is 0 Å². The molecule has 0 atom stereocenters. The zero-order valence-corrected chi connectivity index (χ0v) is 10.4. The quantitative estimate of drug-likeness (QED) is 0.699. The topological polar surface area (TPSA) is 61.4 Å². The summed E-state index contributed by atoms with van der Waals surface area (Å²) in [6, 6.07) is 9.57. The summed E-state index contributed by atoms with van der Waals surface area (Å²) >= 11 is 0. The van der Waals surface area contributed by atoms with Crippen molar-refractivity contribution in [1.82, 2.24) is 5.32 Å². The van der Waals surface area contributed by atoms with Crippen LogP contribution in [0, 0.1) is 0 Å². The summed E-state index contributed by atoms with van der Waals surface area (Å²) in [5.41, 5.74) is 0.548. The molecule has 0 aliphatic carbocycles. The number of rotatable bonds is 6. The first-order chi connectivity index (χ1) is 8.03. The van der Waals surface area contributed by atoms with E-state index < -0.39 is 0 Å². The third kappa shape index (κ3) is 5.36. The van der Waals surface area contributed by atoms with Gasteiger partial charge in [0, 0.05) is 17.8 Å². The van der Waals surface area contributed by atoms with E-state index in [4.69, 9.17) is 5.11 Å². The maximum Gasteiger partial charge on any atom is 0.239 e. The molecule has 0 radical (unpaired) electrons. The molecule has 0 bridgehead atoms. The van der Waals surface area contributed by atoms with Crippen molar-refractivity contribution in [2.24, 2.45) is 0 Å². The van der Waals surface area contributed by atoms with Crippen LogP contribution in [0.3, 0.4) is 0 Å². The van der Waals surface area contributed by atoms with Gasteiger partial charge < -0.3 is 15.7 Å². The monoisotopic (exact) mass is 236 g/mol. The SMILES string of the molecule is CC(C)(CCO)NC(=O)CNc1ccccc1. The predicted octanol–water partition coefficient (Wildman–Crippen LogP) is 1.38. The second-order valence-corrected chi connectivity index (χ2v) is 4.63. The van der Waals surface area contributed by atoms with Gasteiger partial charge in [0.15, 0.2) is 0 Å². The lowest BCUT2D eigenvalue weighted by Gasteiger charge is -2.25. The largest absolute Gasteiger partial charge is 0.396 e. The zero-order chi connectivity index (χ0) is 12.7. The van der Waals surface area contributed by atoms with Gasteiger partial charge in [-0.05, 0) is 32.4 Å². The molecule has 0 fully saturated rings. The van der Waals surface area contributed by atoms with Crippen molar-refractivity contribution in [2.45, 2.75) is 25.8 Å². The summed E-state index contributed by atoms with van der Waals surface area (Å²) in [7, 11) is 0. The Kier molecular flexibility index (Phi) is 4.97. The Morgan fingerprint density at radius 1 is 1.29 bits per heavy atom. The van der Waals surface area contributed by atoms with Crippen molar-refractivity contribution < 1.29 is 9.90 Å². The van der Waals surface area contributed by atoms with Crippen molar-refractivity contribution in [3.05, 3.63) is 30.3 Å². The first-order valence-electron chi connectivity index (χ1n) is 5.74. The Morgan fingerprint density at radius 3 is 2.53 bits per heavy atom. The molecule has 1 aromatic carbocycles. The van der Waals surface area contributed by atoms with Crippen LogP contribution < -0.4 is 10.6 Å². The second-order valence-electron chi connectivity index (χ2n) is 4.63. The molecule has 0 spiro atoms. The fraction of sp³-hybridized carbons (Fsp3) is 0.462. The Morgan fingerprint density at radius 2 is 1.94 bits per heavy atom. The molecule has 4 nitrogen and oxygen atoms in total. The maximum absolute atomic E-state index is 11.7. The molecule has 17 heavy (non-hydrogen) atoms. The average molecular weight is 236 g/mol. The first kappa shape index (κ1) is 13.5. The molecule has 0 aliphatic rings. The van der Waals surface area contributed by atoms with Crippen LogP contribution in [0.5, 0.6) is 0 Å². The van der Waals surface area contributed by atoms with Crippen LogP contribution in [0.15, 0.2) is 30.3 Å². The van der Waals surface area contributed by atoms with Gasteiger partial charge >= 0.3 is 0 Å². The highest BCUT2D eigenvalue weighted by Gasteiger charge is 2.19. The Balaban J connectivity index is 2.35. The van der Waals surface area contributed by atoms with Gasteiger partial charge in [0.1, 0.15) is 0 Å². The van der Waals surface area contributed by atoms with Crippen LogP contribution in [0.4, 0.5) is 5.69 Å². The lowest BCUT2D eigenvalue weighted by atomic mass is 10.0. The number of amides is 1. The van der Waals surface area contributed by atoms with Crippen molar-refractivity contribution in [1.29, 1.82) is 0 Å². The van der Waals surface area contributed by atoms with E-state index in [-0.39, 0.29) is 24.6 Å². The average Bonchev–Trinajstić information content (AvgIpc) is 2.27. The zero-order valence-electron chi connectivity index (χ0n) is 10.4. The van der Waals surface area contributed by atoms with Crippen molar-refractivity contribution >= 4 is 11.6 Å². The summed E-state index contributed by atoms with van der Waals surface area (Å²) in [6.07, 6.45) is 0.546. The van der Waals surface area contributed by atoms with E-state index in [1.807, 2.05) is 44.2 Å². The molecule has 3 N–H and O–H groups in total. The molecule has 0 saturated heterocycles. The van der Waals surface area contributed by atoms with E-state index in [0.717, 1.165) is 5.69 Å². The minimum absolute atomic E-state index is 0.0688. The van der Waals surface area contributed by atoms with Crippen LogP contribution in [0.1, 0.15) is 20.3 Å². The fourth-order valence-electron chi connectivity index (χ4n) is 1.50. The van der Waals surface area contributed by atoms with E-state index in [1.165, 1.54) is 0 Å². The van der Waals surface area contributed by atoms with Crippen LogP contribution in [0.2, 0.25) is 0 Å². The molecular weight excluding hydrogens is 216 g/mol. The number of aliphatic hydroxyl groups is 1. The summed E-state index contributed by atoms with van der Waals surface area (Å²) in [6.45, 7) is 4.09. The highest BCUT2D eigenvalue weighted by atomic mass is 16.3. The number of benzene rings is 1. The molecular formula is C13H20N2O2. The van der Waals surface area contributed by atoms with Gasteiger partial charge in [-0.2, -0.15) is 0 Å². The summed E-state index contributed by atoms with van der Waals surface area (Å²) in [4.78, 5) is 11.7. The van der Waals surface area contributed by atoms with E-state index in [0.29, 0.717) is 6.42 Å². The van der Waals surface area contributed by atoms with E-state index >= 15 is 0 Å². The van der Waals surface area contributed by atoms with Gasteiger partial charge in [0.25, 0.3) is 0 Å². The standard InChI is InChI=1S/C13H20N2O2/c1-13(2,8-9-16)15-12(17)10-14-11-6-4-3-5-7-11/h3-7,14,16H,8-10H2,1-2H3,(H,15,17). The van der Waals surface area contributed by atoms with Gasteiger partial charge in [-0.3, -0.25) is 4.79 Å². The van der Waals surface area contributed by atoms with Crippen molar-refractivity contribution in [3.8, 4) is 0 Å². The minimum atomic E-state index is -0.371. The number of hydrogen-bond acceptors (Lipinski definition) is 3. The predicted molar refractivity (Wildman–Crippen MR) is 68.9 cm³/mol. The maximum atomic E-state index is 11.7. The van der Waals surface area contributed by atoms with Gasteiger partial charge in [-0.1, -0.05) is 18.2 Å². The molecule has 94 valence electrons. The number of para-hydroxylation sites is 1. The number of carbonyl (C=O) groups excluding carboxylic acids is 1. The van der Waals surface area contributed by atoms with E-state index in [1.54, 1.807) is 0 Å². The van der Waals surface area contributed by atoms with Crippen LogP contribution in [-0.2, 0) is 4.79 Å². The molecule has 0 aromatic heterocycles. The second kappa shape index (κ2) is 6.25. The molecule has 0 saturated carbocycles. The van der Waals surface area contributed by atoms with Gasteiger partial charge in [-0.25, -0.2) is 0 Å². The smallest absolute Gasteiger partial charge is 0.239 e. The molecule has 4 heteroatoms. The number of nitrogens with one attached hydrogen (secondary N) is 2. The van der Waals surface area contributed by atoms with Gasteiger partial charge in [-0.15, -0.1) is 0 Å². The molecule has 1 rings (SSSR count). The number of hydrogen-bond donors (Lipinski definition) is 3. The lowest BCUT2D eigenvalue weighted by Crippen LogP contribution is -2.46. The Bertz CT molecular complexity index is 350. The van der Waals surface area contributed by atoms with Crippen LogP contribution in [0.25, 0.3) is 0 Å². The molecule has 1 aromatic rings. The molecule has 0 unspecified atom stereocenters. The van der Waals surface area contributed by atoms with Crippen LogP contribution >= 0.6 is 0 Å². The fourth-order valence-corrected chi connectivity index (χ4v) is 1.50. The summed E-state index contributed by atoms with van der Waals surface area (Å²) < 4.78 is 0. The summed E-state index contributed by atoms with van der Waals surface area (Å²) in [5, 5.41) is 14.8. The third-order valence-corrected chi connectivity index (χ3v) is 2.44. The Hall–Kier alpha value is -1.55. The highest BCUT2D eigenvalue weighted by Crippen LogP contribution is 2.07. The lowest BCUT2D eigenvalue weighted by molar-refractivity contribution is -0.121. The minimum Gasteiger partial charge on any atom is -0.396 e. The highest BCUT2D eigenvalue weighted by molar-refractivity contribution is 5.81. The number of carbonyl (C=O) groups is 1. The number of anilines is 1. The molecule has 1 amide bonds. The molecule has 0 aliphatic heterocycles. The van der Waals surface area contributed by atoms with Crippen LogP contribution in [-0.4, -0.2) is 29.7 Å². The van der Waals surface area contributed by atoms with Gasteiger partial charge in [0.05, 0.1) is 6.54 Å². The summed E-state index contributed by atoms with van der Waals surface area (Å²) in [5.74, 6) is -0.0766. The van der Waals surface area contributed by atoms with Gasteiger partial charge in [0.2, 0.25) is 5.91 Å². The normalized spacial score (nSPS) is 11.0. The molecule has 0 heterocycles.